The third-order valence-electron chi connectivity index (χ3n) is 5.01. The van der Waals surface area contributed by atoms with Crippen molar-refractivity contribution in [1.29, 1.82) is 0 Å². The topological polar surface area (TPSA) is 89.5 Å². The third kappa shape index (κ3) is 2.61. The first-order chi connectivity index (χ1) is 12.6. The largest absolute Gasteiger partial charge is 0.376 e. The van der Waals surface area contributed by atoms with E-state index in [4.69, 9.17) is 0 Å². The molecule has 2 aromatic heterocycles. The summed E-state index contributed by atoms with van der Waals surface area (Å²) < 4.78 is 1.20. The van der Waals surface area contributed by atoms with Crippen molar-refractivity contribution in [2.24, 2.45) is 5.92 Å². The number of aryl methyl sites for hydroxylation is 1. The van der Waals surface area contributed by atoms with Crippen LogP contribution in [0.5, 0.6) is 0 Å². The first-order valence-corrected chi connectivity index (χ1v) is 8.56. The molecule has 1 aliphatic rings. The maximum atomic E-state index is 12.6. The van der Waals surface area contributed by atoms with E-state index in [0.717, 1.165) is 18.4 Å². The molecule has 0 fully saturated rings. The Morgan fingerprint density at radius 1 is 1.23 bits per heavy atom. The first-order valence-electron chi connectivity index (χ1n) is 8.56. The highest BCUT2D eigenvalue weighted by molar-refractivity contribution is 5.61. The molecule has 0 radical (unpaired) electrons. The van der Waals surface area contributed by atoms with Gasteiger partial charge < -0.3 is 5.32 Å². The Hall–Kier alpha value is -3.22. The van der Waals surface area contributed by atoms with Crippen molar-refractivity contribution < 1.29 is 4.92 Å². The number of hydrogen-bond donors (Lipinski definition) is 1. The van der Waals surface area contributed by atoms with E-state index in [1.807, 2.05) is 18.2 Å². The maximum Gasteiger partial charge on any atom is 0.376 e. The minimum Gasteiger partial charge on any atom is -0.357 e. The number of benzene rings is 1. The standard InChI is InChI=1S/C19H18N4O3/c1-12-9-10-13-6-2-3-7-14(13)16(12)21-18-17(23(25)26)19(24)22-11-5-4-8-15(22)20-18/h2-8,11-12,16,21H,9-10H2,1H3/t12-,16-/m0/s1. The minimum atomic E-state index is -0.681. The molecule has 1 aromatic carbocycles. The number of aromatic nitrogens is 2. The maximum absolute atomic E-state index is 12.6. The summed E-state index contributed by atoms with van der Waals surface area (Å²) in [6.07, 6.45) is 3.43. The summed E-state index contributed by atoms with van der Waals surface area (Å²) in [6.45, 7) is 2.10. The summed E-state index contributed by atoms with van der Waals surface area (Å²) in [6, 6.07) is 13.0. The van der Waals surface area contributed by atoms with Gasteiger partial charge in [0.05, 0.1) is 11.0 Å². The van der Waals surface area contributed by atoms with Crippen LogP contribution in [0.4, 0.5) is 11.5 Å². The molecule has 1 aliphatic carbocycles. The minimum absolute atomic E-state index is 0.0275. The molecule has 0 spiro atoms. The van der Waals surface area contributed by atoms with Crippen LogP contribution in [0.2, 0.25) is 0 Å². The van der Waals surface area contributed by atoms with Crippen molar-refractivity contribution in [3.05, 3.63) is 80.3 Å². The highest BCUT2D eigenvalue weighted by Crippen LogP contribution is 2.37. The average molecular weight is 350 g/mol. The van der Waals surface area contributed by atoms with Crippen molar-refractivity contribution in [2.75, 3.05) is 5.32 Å². The van der Waals surface area contributed by atoms with E-state index in [-0.39, 0.29) is 17.8 Å². The Balaban J connectivity index is 1.86. The zero-order valence-electron chi connectivity index (χ0n) is 14.3. The van der Waals surface area contributed by atoms with E-state index in [1.54, 1.807) is 18.2 Å². The van der Waals surface area contributed by atoms with Gasteiger partial charge in [-0.2, -0.15) is 0 Å². The fraction of sp³-hybridized carbons (Fsp3) is 0.263. The summed E-state index contributed by atoms with van der Waals surface area (Å²) in [7, 11) is 0. The van der Waals surface area contributed by atoms with E-state index in [9.17, 15) is 14.9 Å². The van der Waals surface area contributed by atoms with Crippen molar-refractivity contribution in [2.45, 2.75) is 25.8 Å². The van der Waals surface area contributed by atoms with Crippen LogP contribution in [0, 0.1) is 16.0 Å². The third-order valence-corrected chi connectivity index (χ3v) is 5.01. The van der Waals surface area contributed by atoms with Crippen molar-refractivity contribution in [3.8, 4) is 0 Å². The number of nitrogens with one attached hydrogen (secondary N) is 1. The van der Waals surface area contributed by atoms with Gasteiger partial charge in [-0.25, -0.2) is 4.98 Å². The van der Waals surface area contributed by atoms with E-state index in [1.165, 1.54) is 16.2 Å². The number of nitro groups is 1. The Bertz CT molecular complexity index is 1060. The van der Waals surface area contributed by atoms with E-state index < -0.39 is 16.2 Å². The lowest BCUT2D eigenvalue weighted by atomic mass is 9.80. The van der Waals surface area contributed by atoms with E-state index >= 15 is 0 Å². The number of rotatable bonds is 3. The zero-order chi connectivity index (χ0) is 18.3. The van der Waals surface area contributed by atoms with Crippen LogP contribution in [0.1, 0.15) is 30.5 Å². The fourth-order valence-electron chi connectivity index (χ4n) is 3.63. The van der Waals surface area contributed by atoms with Crippen LogP contribution in [-0.2, 0) is 6.42 Å². The SMILES string of the molecule is C[C@H]1CCc2ccccc2[C@H]1Nc1nc2ccccn2c(=O)c1[N+](=O)[O-]. The van der Waals surface area contributed by atoms with Gasteiger partial charge in [-0.3, -0.25) is 19.3 Å². The number of anilines is 1. The molecular weight excluding hydrogens is 332 g/mol. The molecule has 26 heavy (non-hydrogen) atoms. The second-order valence-electron chi connectivity index (χ2n) is 6.64. The van der Waals surface area contributed by atoms with Gasteiger partial charge in [0, 0.05) is 6.20 Å². The normalized spacial score (nSPS) is 19.1. The Morgan fingerprint density at radius 3 is 2.81 bits per heavy atom. The van der Waals surface area contributed by atoms with E-state index in [0.29, 0.717) is 5.65 Å². The van der Waals surface area contributed by atoms with Gasteiger partial charge in [0.25, 0.3) is 0 Å². The predicted molar refractivity (Wildman–Crippen MR) is 98.4 cm³/mol. The Kier molecular flexibility index (Phi) is 3.91. The van der Waals surface area contributed by atoms with Crippen LogP contribution in [0.3, 0.4) is 0 Å². The molecule has 2 atom stereocenters. The van der Waals surface area contributed by atoms with Crippen LogP contribution < -0.4 is 10.9 Å². The lowest BCUT2D eigenvalue weighted by molar-refractivity contribution is -0.385. The summed E-state index contributed by atoms with van der Waals surface area (Å²) in [5.74, 6) is 0.292. The summed E-state index contributed by atoms with van der Waals surface area (Å²) in [5, 5.41) is 14.8. The first kappa shape index (κ1) is 16.3. The highest BCUT2D eigenvalue weighted by atomic mass is 16.6. The lowest BCUT2D eigenvalue weighted by Crippen LogP contribution is -2.28. The zero-order valence-corrected chi connectivity index (χ0v) is 14.3. The molecule has 3 aromatic rings. The van der Waals surface area contributed by atoms with Crippen LogP contribution in [0.15, 0.2) is 53.5 Å². The summed E-state index contributed by atoms with van der Waals surface area (Å²) in [5.41, 5.74) is 1.50. The second-order valence-corrected chi connectivity index (χ2v) is 6.64. The Morgan fingerprint density at radius 2 is 2.00 bits per heavy atom. The average Bonchev–Trinajstić information content (AvgIpc) is 2.64. The van der Waals surface area contributed by atoms with Gasteiger partial charge in [0.15, 0.2) is 0 Å². The number of pyridine rings is 1. The molecule has 0 bridgehead atoms. The van der Waals surface area contributed by atoms with Gasteiger partial charge in [0.2, 0.25) is 5.82 Å². The van der Waals surface area contributed by atoms with Crippen LogP contribution in [0.25, 0.3) is 5.65 Å². The molecule has 0 amide bonds. The molecule has 132 valence electrons. The van der Waals surface area contributed by atoms with Gasteiger partial charge in [-0.15, -0.1) is 0 Å². The fourth-order valence-corrected chi connectivity index (χ4v) is 3.63. The predicted octanol–water partition coefficient (Wildman–Crippen LogP) is 3.34. The van der Waals surface area contributed by atoms with Crippen LogP contribution in [-0.4, -0.2) is 14.3 Å². The molecule has 2 heterocycles. The monoisotopic (exact) mass is 350 g/mol. The van der Waals surface area contributed by atoms with Crippen LogP contribution >= 0.6 is 0 Å². The molecular formula is C19H18N4O3. The van der Waals surface area contributed by atoms with E-state index in [2.05, 4.69) is 23.3 Å². The molecule has 0 saturated heterocycles. The summed E-state index contributed by atoms with van der Waals surface area (Å²) >= 11 is 0. The van der Waals surface area contributed by atoms with Gasteiger partial charge in [0.1, 0.15) is 5.65 Å². The van der Waals surface area contributed by atoms with Crippen molar-refractivity contribution in [3.63, 3.8) is 0 Å². The lowest BCUT2D eigenvalue weighted by Gasteiger charge is -2.32. The molecule has 4 rings (SSSR count). The van der Waals surface area contributed by atoms with Gasteiger partial charge in [-0.05, 0) is 42.0 Å². The highest BCUT2D eigenvalue weighted by Gasteiger charge is 2.31. The molecule has 1 N–H and O–H groups in total. The Labute approximate surface area is 149 Å². The number of fused-ring (bicyclic) bond motifs is 2. The summed E-state index contributed by atoms with van der Waals surface area (Å²) in [4.78, 5) is 27.9. The van der Waals surface area contributed by atoms with Gasteiger partial charge in [-0.1, -0.05) is 37.3 Å². The molecule has 0 unspecified atom stereocenters. The molecule has 7 nitrogen and oxygen atoms in total. The number of nitrogens with zero attached hydrogens (tertiary/aromatic N) is 3. The van der Waals surface area contributed by atoms with Crippen molar-refractivity contribution >= 4 is 17.2 Å². The quantitative estimate of drug-likeness (QED) is 0.578. The van der Waals surface area contributed by atoms with Crippen molar-refractivity contribution in [1.82, 2.24) is 9.38 Å². The molecule has 7 heteroatoms. The molecule has 0 saturated carbocycles. The molecule has 0 aliphatic heterocycles. The number of hydrogen-bond acceptors (Lipinski definition) is 5. The smallest absolute Gasteiger partial charge is 0.357 e. The van der Waals surface area contributed by atoms with Gasteiger partial charge >= 0.3 is 11.2 Å². The second kappa shape index (κ2) is 6.25.